The molecule has 7 heteroatoms. The SMILES string of the molecule is CNC(=O)NC(=O)C(C)NCC(C)(C)C(=O)NC. The van der Waals surface area contributed by atoms with Crippen LogP contribution in [0.15, 0.2) is 0 Å². The van der Waals surface area contributed by atoms with Crippen LogP contribution >= 0.6 is 0 Å². The monoisotopic (exact) mass is 258 g/mol. The van der Waals surface area contributed by atoms with Crippen molar-refractivity contribution in [2.24, 2.45) is 5.41 Å². The predicted molar refractivity (Wildman–Crippen MR) is 67.9 cm³/mol. The van der Waals surface area contributed by atoms with Gasteiger partial charge in [-0.1, -0.05) is 0 Å². The van der Waals surface area contributed by atoms with Gasteiger partial charge in [0.1, 0.15) is 0 Å². The second kappa shape index (κ2) is 6.95. The molecule has 0 aromatic heterocycles. The fourth-order valence-electron chi connectivity index (χ4n) is 1.20. The second-order valence-electron chi connectivity index (χ2n) is 4.63. The van der Waals surface area contributed by atoms with Crippen LogP contribution in [0.5, 0.6) is 0 Å². The largest absolute Gasteiger partial charge is 0.359 e. The third kappa shape index (κ3) is 5.13. The maximum Gasteiger partial charge on any atom is 0.321 e. The molecule has 1 atom stereocenters. The Kier molecular flexibility index (Phi) is 6.32. The zero-order chi connectivity index (χ0) is 14.3. The van der Waals surface area contributed by atoms with E-state index in [1.54, 1.807) is 27.8 Å². The zero-order valence-electron chi connectivity index (χ0n) is 11.5. The Bertz CT molecular complexity index is 328. The molecular formula is C11H22N4O3. The topological polar surface area (TPSA) is 99.3 Å². The standard InChI is InChI=1S/C11H22N4O3/c1-7(8(16)15-10(18)13-5)14-6-11(2,3)9(17)12-4/h7,14H,6H2,1-5H3,(H,12,17)(H2,13,15,16,18). The molecule has 0 spiro atoms. The van der Waals surface area contributed by atoms with E-state index in [0.717, 1.165) is 0 Å². The van der Waals surface area contributed by atoms with E-state index in [-0.39, 0.29) is 5.91 Å². The minimum Gasteiger partial charge on any atom is -0.359 e. The number of carbonyl (C=O) groups excluding carboxylic acids is 3. The smallest absolute Gasteiger partial charge is 0.321 e. The molecule has 1 unspecified atom stereocenters. The Morgan fingerprint density at radius 3 is 2.11 bits per heavy atom. The highest BCUT2D eigenvalue weighted by atomic mass is 16.2. The molecule has 0 aliphatic heterocycles. The summed E-state index contributed by atoms with van der Waals surface area (Å²) in [7, 11) is 2.99. The molecule has 18 heavy (non-hydrogen) atoms. The molecule has 0 fully saturated rings. The van der Waals surface area contributed by atoms with Gasteiger partial charge in [0.15, 0.2) is 0 Å². The van der Waals surface area contributed by atoms with E-state index in [0.29, 0.717) is 6.54 Å². The third-order valence-corrected chi connectivity index (χ3v) is 2.55. The number of carbonyl (C=O) groups is 3. The van der Waals surface area contributed by atoms with Crippen molar-refractivity contribution in [2.75, 3.05) is 20.6 Å². The minimum absolute atomic E-state index is 0.117. The van der Waals surface area contributed by atoms with Crippen LogP contribution in [0.3, 0.4) is 0 Å². The van der Waals surface area contributed by atoms with Crippen molar-refractivity contribution in [1.82, 2.24) is 21.3 Å². The van der Waals surface area contributed by atoms with Crippen LogP contribution in [-0.2, 0) is 9.59 Å². The Balaban J connectivity index is 4.25. The average Bonchev–Trinajstić information content (AvgIpc) is 2.34. The van der Waals surface area contributed by atoms with Gasteiger partial charge in [-0.15, -0.1) is 0 Å². The number of hydrogen-bond acceptors (Lipinski definition) is 4. The molecule has 0 aromatic carbocycles. The number of urea groups is 1. The maximum atomic E-state index is 11.5. The van der Waals surface area contributed by atoms with Crippen LogP contribution in [0.4, 0.5) is 4.79 Å². The molecule has 0 aliphatic rings. The van der Waals surface area contributed by atoms with E-state index < -0.39 is 23.4 Å². The molecule has 4 N–H and O–H groups in total. The van der Waals surface area contributed by atoms with Crippen LogP contribution in [0, 0.1) is 5.41 Å². The highest BCUT2D eigenvalue weighted by Crippen LogP contribution is 2.13. The van der Waals surface area contributed by atoms with E-state index in [4.69, 9.17) is 0 Å². The van der Waals surface area contributed by atoms with Gasteiger partial charge >= 0.3 is 6.03 Å². The summed E-state index contributed by atoms with van der Waals surface area (Å²) in [4.78, 5) is 34.0. The van der Waals surface area contributed by atoms with Crippen molar-refractivity contribution in [1.29, 1.82) is 0 Å². The van der Waals surface area contributed by atoms with Gasteiger partial charge in [-0.05, 0) is 20.8 Å². The summed E-state index contributed by atoms with van der Waals surface area (Å²) in [5.41, 5.74) is -0.629. The maximum absolute atomic E-state index is 11.5. The molecule has 0 bridgehead atoms. The molecule has 0 aliphatic carbocycles. The molecular weight excluding hydrogens is 236 g/mol. The summed E-state index contributed by atoms with van der Waals surface area (Å²) < 4.78 is 0. The van der Waals surface area contributed by atoms with Gasteiger partial charge in [-0.2, -0.15) is 0 Å². The van der Waals surface area contributed by atoms with Crippen molar-refractivity contribution in [2.45, 2.75) is 26.8 Å². The van der Waals surface area contributed by atoms with Crippen LogP contribution in [-0.4, -0.2) is 44.5 Å². The highest BCUT2D eigenvalue weighted by molar-refractivity contribution is 5.96. The van der Waals surface area contributed by atoms with Crippen molar-refractivity contribution < 1.29 is 14.4 Å². The van der Waals surface area contributed by atoms with Crippen LogP contribution in [0.2, 0.25) is 0 Å². The lowest BCUT2D eigenvalue weighted by Gasteiger charge is -2.24. The first-order chi connectivity index (χ1) is 8.24. The summed E-state index contributed by atoms with van der Waals surface area (Å²) in [6, 6.07) is -1.12. The lowest BCUT2D eigenvalue weighted by Crippen LogP contribution is -2.51. The molecule has 0 radical (unpaired) electrons. The summed E-state index contributed by atoms with van der Waals surface area (Å²) in [6.45, 7) is 5.48. The van der Waals surface area contributed by atoms with Gasteiger partial charge in [-0.3, -0.25) is 14.9 Å². The highest BCUT2D eigenvalue weighted by Gasteiger charge is 2.27. The quantitative estimate of drug-likeness (QED) is 0.518. The number of nitrogens with one attached hydrogen (secondary N) is 4. The molecule has 0 saturated heterocycles. The molecule has 0 rings (SSSR count). The van der Waals surface area contributed by atoms with Gasteiger partial charge in [-0.25, -0.2) is 4.79 Å². The minimum atomic E-state index is -0.629. The molecule has 4 amide bonds. The lowest BCUT2D eigenvalue weighted by atomic mass is 9.92. The van der Waals surface area contributed by atoms with Crippen molar-refractivity contribution in [3.63, 3.8) is 0 Å². The number of imide groups is 1. The fraction of sp³-hybridized carbons (Fsp3) is 0.727. The Morgan fingerprint density at radius 1 is 1.11 bits per heavy atom. The summed E-state index contributed by atoms with van der Waals surface area (Å²) >= 11 is 0. The lowest BCUT2D eigenvalue weighted by molar-refractivity contribution is -0.129. The Hall–Kier alpha value is -1.63. The van der Waals surface area contributed by atoms with Gasteiger partial charge in [0.2, 0.25) is 11.8 Å². The van der Waals surface area contributed by atoms with Gasteiger partial charge < -0.3 is 16.0 Å². The first kappa shape index (κ1) is 16.4. The zero-order valence-corrected chi connectivity index (χ0v) is 11.5. The van der Waals surface area contributed by atoms with Gasteiger partial charge in [0, 0.05) is 20.6 Å². The van der Waals surface area contributed by atoms with Crippen molar-refractivity contribution >= 4 is 17.8 Å². The first-order valence-corrected chi connectivity index (χ1v) is 5.72. The fourth-order valence-corrected chi connectivity index (χ4v) is 1.20. The molecule has 104 valence electrons. The number of amides is 4. The summed E-state index contributed by atoms with van der Waals surface area (Å²) in [5, 5.41) is 9.91. The van der Waals surface area contributed by atoms with Gasteiger partial charge in [0.05, 0.1) is 11.5 Å². The predicted octanol–water partition coefficient (Wildman–Crippen LogP) is -0.808. The Labute approximate surface area is 107 Å². The number of hydrogen-bond donors (Lipinski definition) is 4. The molecule has 0 heterocycles. The van der Waals surface area contributed by atoms with Gasteiger partial charge in [0.25, 0.3) is 0 Å². The number of rotatable bonds is 5. The summed E-state index contributed by atoms with van der Waals surface area (Å²) in [5.74, 6) is -0.559. The van der Waals surface area contributed by atoms with E-state index >= 15 is 0 Å². The van der Waals surface area contributed by atoms with E-state index in [2.05, 4.69) is 21.3 Å². The summed E-state index contributed by atoms with van der Waals surface area (Å²) in [6.07, 6.45) is 0. The molecule has 0 saturated carbocycles. The van der Waals surface area contributed by atoms with E-state index in [9.17, 15) is 14.4 Å². The normalized spacial score (nSPS) is 12.5. The molecule has 7 nitrogen and oxygen atoms in total. The van der Waals surface area contributed by atoms with Crippen LogP contribution in [0.25, 0.3) is 0 Å². The molecule has 0 aromatic rings. The third-order valence-electron chi connectivity index (χ3n) is 2.55. The van der Waals surface area contributed by atoms with Crippen LogP contribution in [0.1, 0.15) is 20.8 Å². The van der Waals surface area contributed by atoms with E-state index in [1.165, 1.54) is 7.05 Å². The Morgan fingerprint density at radius 2 is 1.67 bits per heavy atom. The first-order valence-electron chi connectivity index (χ1n) is 5.72. The van der Waals surface area contributed by atoms with Crippen LogP contribution < -0.4 is 21.3 Å². The average molecular weight is 258 g/mol. The van der Waals surface area contributed by atoms with Crippen molar-refractivity contribution in [3.8, 4) is 0 Å². The second-order valence-corrected chi connectivity index (χ2v) is 4.63. The van der Waals surface area contributed by atoms with E-state index in [1.807, 2.05) is 0 Å². The van der Waals surface area contributed by atoms with Crippen molar-refractivity contribution in [3.05, 3.63) is 0 Å².